The zero-order chi connectivity index (χ0) is 29.0. The van der Waals surface area contributed by atoms with Gasteiger partial charge in [-0.2, -0.15) is 0 Å². The standard InChI is InChI=1S/C32H48O8/c1-17(33)37-24-15-25(38-18(2)34)30(7)22-9-11-29(6)21(20-10-12-36-16-20)13-27-32(29,40-27)31(22,8)26(39-19(3)35)14-23(30)28(24,4)5/h20-27H,9-16H2,1-8H3/t20-,21-,22?,23?,24+,25-,26+,27+,29-,30+,31-,32+/m0/s1. The maximum absolute atomic E-state index is 12.7. The summed E-state index contributed by atoms with van der Waals surface area (Å²) < 4.78 is 31.1. The Morgan fingerprint density at radius 2 is 1.38 bits per heavy atom. The molecule has 0 bridgehead atoms. The second-order valence-electron chi connectivity index (χ2n) is 15.1. The Labute approximate surface area is 238 Å². The number of carbonyl (C=O) groups is 3. The van der Waals surface area contributed by atoms with Gasteiger partial charge in [0.25, 0.3) is 0 Å². The molecule has 4 aliphatic carbocycles. The van der Waals surface area contributed by atoms with Crippen LogP contribution in [0.3, 0.4) is 0 Å². The molecule has 0 aromatic heterocycles. The Morgan fingerprint density at radius 1 is 0.750 bits per heavy atom. The van der Waals surface area contributed by atoms with Crippen molar-refractivity contribution in [2.45, 2.75) is 124 Å². The molecule has 0 N–H and O–H groups in total. The fourth-order valence-corrected chi connectivity index (χ4v) is 11.8. The zero-order valence-corrected chi connectivity index (χ0v) is 25.5. The fourth-order valence-electron chi connectivity index (χ4n) is 11.8. The highest BCUT2D eigenvalue weighted by atomic mass is 16.6. The Hall–Kier alpha value is -1.67. The second kappa shape index (κ2) is 8.92. The highest BCUT2D eigenvalue weighted by Crippen LogP contribution is 2.82. The van der Waals surface area contributed by atoms with E-state index < -0.39 is 34.1 Å². The lowest BCUT2D eigenvalue weighted by atomic mass is 9.35. The molecule has 0 amide bonds. The van der Waals surface area contributed by atoms with Crippen LogP contribution in [0, 0.1) is 45.3 Å². The molecule has 4 saturated carbocycles. The van der Waals surface area contributed by atoms with Crippen molar-refractivity contribution in [3.63, 3.8) is 0 Å². The SMILES string of the molecule is CC(=O)O[C@H]1C[C@@H](OC(C)=O)C(C)(C)C2C[C@@H](OC(C)=O)[C@]3(C)C(CC[C@@]4(C)[C@H]([C@H]5CCOC5)C[C@H]5O[C@]543)[C@]21C. The van der Waals surface area contributed by atoms with Gasteiger partial charge >= 0.3 is 17.9 Å². The summed E-state index contributed by atoms with van der Waals surface area (Å²) in [5.41, 5.74) is -1.75. The summed E-state index contributed by atoms with van der Waals surface area (Å²) >= 11 is 0. The Kier molecular flexibility index (Phi) is 6.34. The van der Waals surface area contributed by atoms with E-state index in [4.69, 9.17) is 23.7 Å². The van der Waals surface area contributed by atoms with E-state index in [1.54, 1.807) is 0 Å². The van der Waals surface area contributed by atoms with Gasteiger partial charge in [0, 0.05) is 62.1 Å². The zero-order valence-electron chi connectivity index (χ0n) is 25.5. The van der Waals surface area contributed by atoms with Gasteiger partial charge in [-0.05, 0) is 55.8 Å². The second-order valence-corrected chi connectivity index (χ2v) is 15.1. The first-order chi connectivity index (χ1) is 18.6. The summed E-state index contributed by atoms with van der Waals surface area (Å²) in [5.74, 6) is 0.172. The molecular formula is C32H48O8. The largest absolute Gasteiger partial charge is 0.462 e. The van der Waals surface area contributed by atoms with E-state index in [2.05, 4.69) is 34.6 Å². The number of epoxide rings is 1. The Morgan fingerprint density at radius 3 is 1.98 bits per heavy atom. The van der Waals surface area contributed by atoms with Crippen LogP contribution in [0.25, 0.3) is 0 Å². The highest BCUT2D eigenvalue weighted by molar-refractivity contribution is 5.67. The van der Waals surface area contributed by atoms with Gasteiger partial charge in [-0.1, -0.05) is 34.6 Å². The maximum Gasteiger partial charge on any atom is 0.302 e. The third-order valence-corrected chi connectivity index (χ3v) is 13.3. The van der Waals surface area contributed by atoms with Gasteiger partial charge in [0.2, 0.25) is 0 Å². The third kappa shape index (κ3) is 3.47. The molecule has 2 unspecified atom stereocenters. The molecule has 0 aromatic rings. The van der Waals surface area contributed by atoms with E-state index in [9.17, 15) is 14.4 Å². The van der Waals surface area contributed by atoms with Gasteiger partial charge in [0.1, 0.15) is 23.9 Å². The minimum Gasteiger partial charge on any atom is -0.462 e. The lowest BCUT2D eigenvalue weighted by Gasteiger charge is -2.71. The molecular weight excluding hydrogens is 512 g/mol. The molecule has 2 heterocycles. The van der Waals surface area contributed by atoms with Crippen molar-refractivity contribution in [2.24, 2.45) is 45.3 Å². The molecule has 6 fully saturated rings. The molecule has 40 heavy (non-hydrogen) atoms. The molecule has 6 rings (SSSR count). The lowest BCUT2D eigenvalue weighted by Crippen LogP contribution is -2.74. The average Bonchev–Trinajstić information content (AvgIpc) is 3.20. The molecule has 0 aromatic carbocycles. The number of hydrogen-bond donors (Lipinski definition) is 0. The van der Waals surface area contributed by atoms with Gasteiger partial charge in [0.05, 0.1) is 6.10 Å². The van der Waals surface area contributed by atoms with E-state index in [0.29, 0.717) is 24.7 Å². The van der Waals surface area contributed by atoms with Crippen LogP contribution in [0.5, 0.6) is 0 Å². The Bertz CT molecular complexity index is 1100. The van der Waals surface area contributed by atoms with Crippen LogP contribution in [0.15, 0.2) is 0 Å². The fraction of sp³-hybridized carbons (Fsp3) is 0.906. The van der Waals surface area contributed by atoms with Gasteiger partial charge < -0.3 is 23.7 Å². The van der Waals surface area contributed by atoms with Crippen molar-refractivity contribution in [2.75, 3.05) is 13.2 Å². The van der Waals surface area contributed by atoms with Crippen LogP contribution in [0.2, 0.25) is 0 Å². The number of esters is 3. The molecule has 6 aliphatic rings. The summed E-state index contributed by atoms with van der Waals surface area (Å²) in [4.78, 5) is 37.4. The van der Waals surface area contributed by atoms with E-state index in [1.807, 2.05) is 0 Å². The van der Waals surface area contributed by atoms with Crippen molar-refractivity contribution in [1.29, 1.82) is 0 Å². The maximum atomic E-state index is 12.7. The number of fused-ring (bicyclic) bond motifs is 3. The minimum atomic E-state index is -0.460. The summed E-state index contributed by atoms with van der Waals surface area (Å²) in [6.07, 6.45) is 4.07. The van der Waals surface area contributed by atoms with Crippen molar-refractivity contribution in [3.8, 4) is 0 Å². The van der Waals surface area contributed by atoms with Crippen molar-refractivity contribution >= 4 is 17.9 Å². The number of ether oxygens (including phenoxy) is 5. The van der Waals surface area contributed by atoms with Gasteiger partial charge in [0.15, 0.2) is 0 Å². The number of hydrogen-bond acceptors (Lipinski definition) is 8. The van der Waals surface area contributed by atoms with Crippen LogP contribution < -0.4 is 0 Å². The van der Waals surface area contributed by atoms with Crippen molar-refractivity contribution < 1.29 is 38.1 Å². The van der Waals surface area contributed by atoms with Crippen LogP contribution in [-0.2, 0) is 38.1 Å². The topological polar surface area (TPSA) is 101 Å². The smallest absolute Gasteiger partial charge is 0.302 e. The van der Waals surface area contributed by atoms with Crippen LogP contribution in [-0.4, -0.2) is 61.1 Å². The van der Waals surface area contributed by atoms with E-state index in [-0.39, 0.29) is 47.4 Å². The summed E-state index contributed by atoms with van der Waals surface area (Å²) in [6.45, 7) is 17.4. The molecule has 224 valence electrons. The predicted octanol–water partition coefficient (Wildman–Crippen LogP) is 4.85. The molecule has 2 saturated heterocycles. The minimum absolute atomic E-state index is 0.0109. The molecule has 0 radical (unpaired) electrons. The van der Waals surface area contributed by atoms with E-state index in [1.165, 1.54) is 20.8 Å². The molecule has 1 spiro atoms. The van der Waals surface area contributed by atoms with Crippen molar-refractivity contribution in [3.05, 3.63) is 0 Å². The first-order valence-corrected chi connectivity index (χ1v) is 15.4. The normalized spacial score (nSPS) is 51.9. The highest BCUT2D eigenvalue weighted by Gasteiger charge is 2.88. The van der Waals surface area contributed by atoms with Crippen molar-refractivity contribution in [1.82, 2.24) is 0 Å². The average molecular weight is 561 g/mol. The Balaban J connectivity index is 1.48. The molecule has 8 heteroatoms. The number of carbonyl (C=O) groups excluding carboxylic acids is 3. The summed E-state index contributed by atoms with van der Waals surface area (Å²) in [5, 5.41) is 0. The quantitative estimate of drug-likeness (QED) is 0.273. The van der Waals surface area contributed by atoms with Gasteiger partial charge in [-0.25, -0.2) is 0 Å². The molecule has 8 nitrogen and oxygen atoms in total. The van der Waals surface area contributed by atoms with Gasteiger partial charge in [-0.15, -0.1) is 0 Å². The van der Waals surface area contributed by atoms with E-state index in [0.717, 1.165) is 38.9 Å². The lowest BCUT2D eigenvalue weighted by molar-refractivity contribution is -0.292. The summed E-state index contributed by atoms with van der Waals surface area (Å²) in [6, 6.07) is 0. The third-order valence-electron chi connectivity index (χ3n) is 13.3. The monoisotopic (exact) mass is 560 g/mol. The summed E-state index contributed by atoms with van der Waals surface area (Å²) in [7, 11) is 0. The molecule has 2 aliphatic heterocycles. The van der Waals surface area contributed by atoms with Gasteiger partial charge in [-0.3, -0.25) is 14.4 Å². The first-order valence-electron chi connectivity index (χ1n) is 15.4. The van der Waals surface area contributed by atoms with E-state index >= 15 is 0 Å². The predicted molar refractivity (Wildman–Crippen MR) is 145 cm³/mol. The van der Waals surface area contributed by atoms with Crippen LogP contribution in [0.1, 0.15) is 93.9 Å². The molecule has 12 atom stereocenters. The van der Waals surface area contributed by atoms with Crippen LogP contribution >= 0.6 is 0 Å². The first kappa shape index (κ1) is 28.4. The van der Waals surface area contributed by atoms with Crippen LogP contribution in [0.4, 0.5) is 0 Å². The number of rotatable bonds is 4.